The zero-order chi connectivity index (χ0) is 10.8. The lowest BCUT2D eigenvalue weighted by molar-refractivity contribution is 0.779. The van der Waals surface area contributed by atoms with Crippen molar-refractivity contribution in [1.82, 2.24) is 15.5 Å². The first-order valence-corrected chi connectivity index (χ1v) is 6.32. The zero-order valence-corrected chi connectivity index (χ0v) is 11.0. The molecule has 0 aromatic carbocycles. The van der Waals surface area contributed by atoms with E-state index in [9.17, 15) is 0 Å². The van der Waals surface area contributed by atoms with Crippen LogP contribution in [0.2, 0.25) is 0 Å². The molecule has 0 bridgehead atoms. The minimum absolute atomic E-state index is 0.825. The van der Waals surface area contributed by atoms with Gasteiger partial charge in [-0.3, -0.25) is 5.10 Å². The van der Waals surface area contributed by atoms with Gasteiger partial charge in [0.15, 0.2) is 0 Å². The van der Waals surface area contributed by atoms with Gasteiger partial charge in [-0.05, 0) is 36.0 Å². The largest absolute Gasteiger partial charge is 0.314 e. The van der Waals surface area contributed by atoms with Crippen LogP contribution in [0.5, 0.6) is 0 Å². The van der Waals surface area contributed by atoms with E-state index >= 15 is 0 Å². The highest BCUT2D eigenvalue weighted by atomic mass is 79.9. The van der Waals surface area contributed by atoms with Gasteiger partial charge in [0.1, 0.15) is 5.69 Å². The summed E-state index contributed by atoms with van der Waals surface area (Å²) in [6, 6.07) is 2.09. The summed E-state index contributed by atoms with van der Waals surface area (Å²) in [4.78, 5) is 1.19. The van der Waals surface area contributed by atoms with Gasteiger partial charge in [-0.1, -0.05) is 0 Å². The lowest BCUT2D eigenvalue weighted by atomic mass is 10.2. The Morgan fingerprint density at radius 1 is 1.60 bits per heavy atom. The maximum atomic E-state index is 4.34. The topological polar surface area (TPSA) is 40.7 Å². The van der Waals surface area contributed by atoms with Gasteiger partial charge in [0, 0.05) is 22.0 Å². The number of aromatic nitrogens is 2. The number of H-pyrrole nitrogens is 1. The molecule has 0 aliphatic heterocycles. The Labute approximate surface area is 101 Å². The number of halogens is 1. The molecule has 2 aromatic heterocycles. The van der Waals surface area contributed by atoms with Crippen molar-refractivity contribution in [2.45, 2.75) is 13.5 Å². The summed E-state index contributed by atoms with van der Waals surface area (Å²) >= 11 is 5.15. The van der Waals surface area contributed by atoms with Crippen LogP contribution in [0, 0.1) is 6.92 Å². The molecule has 0 fully saturated rings. The second kappa shape index (κ2) is 4.47. The molecule has 0 aliphatic carbocycles. The van der Waals surface area contributed by atoms with Crippen LogP contribution in [0.15, 0.2) is 15.9 Å². The molecule has 0 saturated carbocycles. The molecule has 0 saturated heterocycles. The summed E-state index contributed by atoms with van der Waals surface area (Å²) in [5.74, 6) is 0. The van der Waals surface area contributed by atoms with Gasteiger partial charge in [-0.25, -0.2) is 0 Å². The van der Waals surface area contributed by atoms with Crippen molar-refractivity contribution >= 4 is 27.3 Å². The van der Waals surface area contributed by atoms with Crippen LogP contribution >= 0.6 is 27.3 Å². The van der Waals surface area contributed by atoms with Crippen molar-refractivity contribution < 1.29 is 0 Å². The van der Waals surface area contributed by atoms with Gasteiger partial charge in [0.25, 0.3) is 0 Å². The molecule has 2 N–H and O–H groups in total. The van der Waals surface area contributed by atoms with E-state index in [0.29, 0.717) is 0 Å². The molecule has 0 atom stereocenters. The number of rotatable bonds is 3. The van der Waals surface area contributed by atoms with Crippen LogP contribution < -0.4 is 5.32 Å². The third-order valence-electron chi connectivity index (χ3n) is 2.26. The van der Waals surface area contributed by atoms with Crippen LogP contribution in [-0.4, -0.2) is 17.2 Å². The van der Waals surface area contributed by atoms with Gasteiger partial charge < -0.3 is 5.32 Å². The first kappa shape index (κ1) is 10.9. The van der Waals surface area contributed by atoms with Crippen LogP contribution in [0.25, 0.3) is 10.6 Å². The second-order valence-corrected chi connectivity index (χ2v) is 5.16. The Balaban J connectivity index is 2.37. The molecule has 2 rings (SSSR count). The molecule has 0 aliphatic rings. The molecule has 0 unspecified atom stereocenters. The minimum atomic E-state index is 0.825. The van der Waals surface area contributed by atoms with E-state index in [2.05, 4.69) is 49.8 Å². The summed E-state index contributed by atoms with van der Waals surface area (Å²) in [5.41, 5.74) is 3.42. The molecule has 80 valence electrons. The van der Waals surface area contributed by atoms with Crippen LogP contribution in [0.1, 0.15) is 11.3 Å². The SMILES string of the molecule is CNCc1[nH]nc(-c2cc(Br)cs2)c1C. The van der Waals surface area contributed by atoms with Crippen molar-refractivity contribution in [3.8, 4) is 10.6 Å². The number of nitrogens with one attached hydrogen (secondary N) is 2. The lowest BCUT2D eigenvalue weighted by Crippen LogP contribution is -2.06. The maximum Gasteiger partial charge on any atom is 0.105 e. The Hall–Kier alpha value is -0.650. The smallest absolute Gasteiger partial charge is 0.105 e. The van der Waals surface area contributed by atoms with Crippen molar-refractivity contribution in [1.29, 1.82) is 0 Å². The normalized spacial score (nSPS) is 10.9. The Kier molecular flexibility index (Phi) is 3.23. The first-order valence-electron chi connectivity index (χ1n) is 4.65. The van der Waals surface area contributed by atoms with E-state index in [1.54, 1.807) is 11.3 Å². The van der Waals surface area contributed by atoms with E-state index in [0.717, 1.165) is 22.4 Å². The molecule has 5 heteroatoms. The van der Waals surface area contributed by atoms with E-state index < -0.39 is 0 Å². The van der Waals surface area contributed by atoms with Crippen molar-refractivity contribution in [2.75, 3.05) is 7.05 Å². The fourth-order valence-corrected chi connectivity index (χ4v) is 2.93. The average Bonchev–Trinajstić information content (AvgIpc) is 2.76. The molecule has 0 spiro atoms. The molecule has 0 radical (unpaired) electrons. The van der Waals surface area contributed by atoms with Gasteiger partial charge >= 0.3 is 0 Å². The molecular weight excluding hydrogens is 274 g/mol. The highest BCUT2D eigenvalue weighted by Crippen LogP contribution is 2.31. The number of aromatic amines is 1. The fourth-order valence-electron chi connectivity index (χ4n) is 1.46. The quantitative estimate of drug-likeness (QED) is 0.910. The summed E-state index contributed by atoms with van der Waals surface area (Å²) in [5, 5.41) is 12.6. The molecule has 0 amide bonds. The van der Waals surface area contributed by atoms with E-state index in [4.69, 9.17) is 0 Å². The summed E-state index contributed by atoms with van der Waals surface area (Å²) in [7, 11) is 1.93. The predicted molar refractivity (Wildman–Crippen MR) is 67.1 cm³/mol. The Morgan fingerprint density at radius 3 is 3.00 bits per heavy atom. The van der Waals surface area contributed by atoms with Crippen molar-refractivity contribution in [3.63, 3.8) is 0 Å². The second-order valence-electron chi connectivity index (χ2n) is 3.34. The van der Waals surface area contributed by atoms with Crippen molar-refractivity contribution in [3.05, 3.63) is 27.2 Å². The predicted octanol–water partition coefficient (Wildman–Crippen LogP) is 2.93. The Morgan fingerprint density at radius 2 is 2.40 bits per heavy atom. The average molecular weight is 286 g/mol. The number of hydrogen-bond acceptors (Lipinski definition) is 3. The van der Waals surface area contributed by atoms with E-state index in [1.807, 2.05) is 7.05 Å². The number of nitrogens with zero attached hydrogens (tertiary/aromatic N) is 1. The van der Waals surface area contributed by atoms with Gasteiger partial charge in [-0.2, -0.15) is 5.10 Å². The maximum absolute atomic E-state index is 4.34. The summed E-state index contributed by atoms with van der Waals surface area (Å²) in [6.07, 6.45) is 0. The molecule has 2 aromatic rings. The van der Waals surface area contributed by atoms with Crippen LogP contribution in [0.3, 0.4) is 0 Å². The van der Waals surface area contributed by atoms with Crippen molar-refractivity contribution in [2.24, 2.45) is 0 Å². The van der Waals surface area contributed by atoms with Gasteiger partial charge in [0.2, 0.25) is 0 Å². The monoisotopic (exact) mass is 285 g/mol. The standard InChI is InChI=1S/C10H12BrN3S/c1-6-8(4-12-2)13-14-10(6)9-3-7(11)5-15-9/h3,5,12H,4H2,1-2H3,(H,13,14). The van der Waals surface area contributed by atoms with Gasteiger partial charge in [0.05, 0.1) is 10.6 Å². The third-order valence-corrected chi connectivity index (χ3v) is 3.96. The lowest BCUT2D eigenvalue weighted by Gasteiger charge is -1.97. The molecule has 15 heavy (non-hydrogen) atoms. The van der Waals surface area contributed by atoms with E-state index in [1.165, 1.54) is 10.4 Å². The zero-order valence-electron chi connectivity index (χ0n) is 8.60. The van der Waals surface area contributed by atoms with Gasteiger partial charge in [-0.15, -0.1) is 11.3 Å². The van der Waals surface area contributed by atoms with E-state index in [-0.39, 0.29) is 0 Å². The summed E-state index contributed by atoms with van der Waals surface area (Å²) in [6.45, 7) is 2.92. The highest BCUT2D eigenvalue weighted by Gasteiger charge is 2.11. The minimum Gasteiger partial charge on any atom is -0.314 e. The Bertz CT molecular complexity index is 461. The van der Waals surface area contributed by atoms with Crippen LogP contribution in [0.4, 0.5) is 0 Å². The third kappa shape index (κ3) is 2.14. The number of thiophene rings is 1. The first-order chi connectivity index (χ1) is 7.22. The number of hydrogen-bond donors (Lipinski definition) is 2. The summed E-state index contributed by atoms with van der Waals surface area (Å²) < 4.78 is 1.11. The fraction of sp³-hybridized carbons (Fsp3) is 0.300. The molecule has 2 heterocycles. The molecule has 3 nitrogen and oxygen atoms in total. The highest BCUT2D eigenvalue weighted by molar-refractivity contribution is 9.10. The molecular formula is C10H12BrN3S. The van der Waals surface area contributed by atoms with Crippen LogP contribution in [-0.2, 0) is 6.54 Å².